The van der Waals surface area contributed by atoms with E-state index in [9.17, 15) is 28.6 Å². The third-order valence-electron chi connectivity index (χ3n) is 5.26. The number of allylic oxidation sites excluding steroid dienone is 3. The number of amides is 1. The highest BCUT2D eigenvalue weighted by Gasteiger charge is 2.35. The van der Waals surface area contributed by atoms with Crippen LogP contribution in [0.25, 0.3) is 0 Å². The van der Waals surface area contributed by atoms with Gasteiger partial charge in [0.25, 0.3) is 0 Å². The second kappa shape index (κ2) is 10.5. The van der Waals surface area contributed by atoms with Crippen LogP contribution in [0.1, 0.15) is 24.8 Å². The summed E-state index contributed by atoms with van der Waals surface area (Å²) in [6.07, 6.45) is 5.00. The molecule has 1 saturated heterocycles. The first-order valence-electron chi connectivity index (χ1n) is 9.77. The number of aliphatic hydroxyl groups is 2. The lowest BCUT2D eigenvalue weighted by molar-refractivity contribution is -0.127. The number of nitrogens with zero attached hydrogens (tertiary/aromatic N) is 2. The zero-order valence-electron chi connectivity index (χ0n) is 17.8. The molecule has 0 aromatic heterocycles. The van der Waals surface area contributed by atoms with E-state index < -0.39 is 28.9 Å². The molecule has 1 aliphatic rings. The van der Waals surface area contributed by atoms with Gasteiger partial charge in [-0.25, -0.2) is 8.78 Å². The molecule has 1 unspecified atom stereocenters. The van der Waals surface area contributed by atoms with Crippen molar-refractivity contribution in [3.8, 4) is 5.75 Å². The molecule has 1 amide bonds. The molecule has 1 atom stereocenters. The number of rotatable bonds is 10. The fourth-order valence-corrected chi connectivity index (χ4v) is 3.51. The van der Waals surface area contributed by atoms with Crippen LogP contribution in [0.15, 0.2) is 36.2 Å². The number of hydrogen-bond acceptors (Lipinski definition) is 6. The molecule has 0 saturated carbocycles. The van der Waals surface area contributed by atoms with Crippen LogP contribution in [0.3, 0.4) is 0 Å². The van der Waals surface area contributed by atoms with Crippen LogP contribution in [0.2, 0.25) is 0 Å². The molecule has 170 valence electrons. The van der Waals surface area contributed by atoms with Crippen molar-refractivity contribution in [1.29, 1.82) is 0 Å². The van der Waals surface area contributed by atoms with Crippen LogP contribution in [-0.2, 0) is 9.59 Å². The van der Waals surface area contributed by atoms with Crippen molar-refractivity contribution in [2.75, 3.05) is 40.5 Å². The van der Waals surface area contributed by atoms with Gasteiger partial charge in [-0.1, -0.05) is 6.92 Å². The summed E-state index contributed by atoms with van der Waals surface area (Å²) in [6, 6.07) is 2.13. The van der Waals surface area contributed by atoms with Gasteiger partial charge in [-0.2, -0.15) is 0 Å². The summed E-state index contributed by atoms with van der Waals surface area (Å²) >= 11 is 0. The van der Waals surface area contributed by atoms with E-state index in [1.807, 2.05) is 0 Å². The minimum Gasteiger partial charge on any atom is -0.497 e. The van der Waals surface area contributed by atoms with Gasteiger partial charge in [0.1, 0.15) is 17.4 Å². The van der Waals surface area contributed by atoms with Gasteiger partial charge in [0.05, 0.1) is 26.0 Å². The SMILES string of the molecule is COc1cc(F)c(C2CC(=O)N(/C(C=O)=C/C=C\N(C)CC(C)(CO)CO)C2)c(F)c1. The number of aliphatic hydroxyl groups excluding tert-OH is 2. The van der Waals surface area contributed by atoms with Crippen LogP contribution >= 0.6 is 0 Å². The summed E-state index contributed by atoms with van der Waals surface area (Å²) in [4.78, 5) is 26.9. The Hall–Kier alpha value is -2.78. The van der Waals surface area contributed by atoms with Crippen molar-refractivity contribution in [3.63, 3.8) is 0 Å². The maximum atomic E-state index is 14.4. The predicted molar refractivity (Wildman–Crippen MR) is 110 cm³/mol. The summed E-state index contributed by atoms with van der Waals surface area (Å²) in [5.74, 6) is -2.70. The molecular weight excluding hydrogens is 410 g/mol. The molecule has 9 heteroatoms. The standard InChI is InChI=1S/C22H28F2N2O5/c1-22(13-28,14-29)12-25(2)6-4-5-16(11-27)26-10-15(7-20(26)30)21-18(23)8-17(31-3)9-19(21)24/h4-6,8-9,11,15,28-29H,7,10,12-14H2,1-3H3/b6-4-,16-5+. The molecule has 0 radical (unpaired) electrons. The molecule has 31 heavy (non-hydrogen) atoms. The zero-order chi connectivity index (χ0) is 23.2. The number of hydrogen-bond donors (Lipinski definition) is 2. The van der Waals surface area contributed by atoms with Crippen LogP contribution in [0, 0.1) is 17.0 Å². The Morgan fingerprint density at radius 2 is 1.94 bits per heavy atom. The molecule has 1 fully saturated rings. The third kappa shape index (κ3) is 5.89. The van der Waals surface area contributed by atoms with Crippen molar-refractivity contribution >= 4 is 12.2 Å². The number of benzene rings is 1. The van der Waals surface area contributed by atoms with Crippen molar-refractivity contribution in [2.24, 2.45) is 5.41 Å². The normalized spacial score (nSPS) is 17.5. The molecule has 0 spiro atoms. The quantitative estimate of drug-likeness (QED) is 0.329. The second-order valence-corrected chi connectivity index (χ2v) is 8.00. The van der Waals surface area contributed by atoms with Gasteiger partial charge in [0, 0.05) is 55.6 Å². The minimum atomic E-state index is -0.800. The van der Waals surface area contributed by atoms with Gasteiger partial charge in [0.2, 0.25) is 5.91 Å². The van der Waals surface area contributed by atoms with E-state index in [1.54, 1.807) is 31.1 Å². The Balaban J connectivity index is 2.15. The first kappa shape index (κ1) is 24.5. The molecule has 2 N–H and O–H groups in total. The van der Waals surface area contributed by atoms with E-state index in [1.165, 1.54) is 18.1 Å². The minimum absolute atomic E-state index is 0.0274. The Morgan fingerprint density at radius 1 is 1.32 bits per heavy atom. The first-order chi connectivity index (χ1) is 14.7. The Bertz CT molecular complexity index is 844. The highest BCUT2D eigenvalue weighted by molar-refractivity contribution is 5.88. The van der Waals surface area contributed by atoms with E-state index >= 15 is 0 Å². The molecule has 0 aliphatic carbocycles. The number of likely N-dealkylation sites (tertiary alicyclic amines) is 1. The van der Waals surface area contributed by atoms with Gasteiger partial charge >= 0.3 is 0 Å². The van der Waals surface area contributed by atoms with Gasteiger partial charge in [-0.3, -0.25) is 9.59 Å². The smallest absolute Gasteiger partial charge is 0.227 e. The van der Waals surface area contributed by atoms with Crippen molar-refractivity contribution < 1.29 is 33.3 Å². The second-order valence-electron chi connectivity index (χ2n) is 8.00. The van der Waals surface area contributed by atoms with E-state index in [-0.39, 0.29) is 43.2 Å². The van der Waals surface area contributed by atoms with Crippen LogP contribution in [0.5, 0.6) is 5.75 Å². The molecular formula is C22H28F2N2O5. The predicted octanol–water partition coefficient (Wildman–Crippen LogP) is 1.81. The van der Waals surface area contributed by atoms with Gasteiger partial charge in [-0.15, -0.1) is 0 Å². The molecule has 1 aromatic rings. The van der Waals surface area contributed by atoms with Crippen LogP contribution < -0.4 is 4.74 Å². The summed E-state index contributed by atoms with van der Waals surface area (Å²) in [5, 5.41) is 18.7. The average molecular weight is 438 g/mol. The van der Waals surface area contributed by atoms with Crippen molar-refractivity contribution in [1.82, 2.24) is 9.80 Å². The maximum absolute atomic E-state index is 14.4. The summed E-state index contributed by atoms with van der Waals surface area (Å²) in [6.45, 7) is 1.67. The number of methoxy groups -OCH3 is 1. The van der Waals surface area contributed by atoms with Crippen molar-refractivity contribution in [3.05, 3.63) is 53.4 Å². The number of carbonyl (C=O) groups is 2. The fourth-order valence-electron chi connectivity index (χ4n) is 3.51. The summed E-state index contributed by atoms with van der Waals surface area (Å²) in [5.41, 5.74) is -0.830. The topological polar surface area (TPSA) is 90.3 Å². The lowest BCUT2D eigenvalue weighted by atomic mass is 9.92. The summed E-state index contributed by atoms with van der Waals surface area (Å²) in [7, 11) is 3.04. The van der Waals surface area contributed by atoms with Gasteiger partial charge in [-0.05, 0) is 18.4 Å². The third-order valence-corrected chi connectivity index (χ3v) is 5.26. The van der Waals surface area contributed by atoms with E-state index in [0.29, 0.717) is 12.8 Å². The van der Waals surface area contributed by atoms with Crippen molar-refractivity contribution in [2.45, 2.75) is 19.3 Å². The van der Waals surface area contributed by atoms with Crippen LogP contribution in [0.4, 0.5) is 8.78 Å². The Kier molecular flexibility index (Phi) is 8.29. The molecule has 2 rings (SSSR count). The molecule has 7 nitrogen and oxygen atoms in total. The van der Waals surface area contributed by atoms with E-state index in [0.717, 1.165) is 12.1 Å². The van der Waals surface area contributed by atoms with E-state index in [4.69, 9.17) is 4.74 Å². The number of aldehydes is 1. The zero-order valence-corrected chi connectivity index (χ0v) is 17.8. The number of carbonyl (C=O) groups excluding carboxylic acids is 2. The number of halogens is 2. The fraction of sp³-hybridized carbons (Fsp3) is 0.455. The highest BCUT2D eigenvalue weighted by atomic mass is 19.1. The molecule has 1 aromatic carbocycles. The Labute approximate surface area is 180 Å². The van der Waals surface area contributed by atoms with Crippen LogP contribution in [-0.4, -0.2) is 72.7 Å². The average Bonchev–Trinajstić information content (AvgIpc) is 3.11. The molecule has 0 bridgehead atoms. The highest BCUT2D eigenvalue weighted by Crippen LogP contribution is 2.35. The summed E-state index contributed by atoms with van der Waals surface area (Å²) < 4.78 is 33.6. The molecule has 1 aliphatic heterocycles. The molecule has 1 heterocycles. The van der Waals surface area contributed by atoms with Gasteiger partial charge in [0.15, 0.2) is 6.29 Å². The largest absolute Gasteiger partial charge is 0.497 e. The lowest BCUT2D eigenvalue weighted by Gasteiger charge is -2.29. The van der Waals surface area contributed by atoms with Gasteiger partial charge < -0.3 is 24.7 Å². The number of ether oxygens (including phenoxy) is 1. The maximum Gasteiger partial charge on any atom is 0.227 e. The first-order valence-corrected chi connectivity index (χ1v) is 9.77. The monoisotopic (exact) mass is 438 g/mol. The Morgan fingerprint density at radius 3 is 2.45 bits per heavy atom. The van der Waals surface area contributed by atoms with E-state index in [2.05, 4.69) is 0 Å². The lowest BCUT2D eigenvalue weighted by Crippen LogP contribution is -2.36.